The van der Waals surface area contributed by atoms with Crippen LogP contribution in [0.3, 0.4) is 0 Å². The number of anilines is 1. The van der Waals surface area contributed by atoms with Gasteiger partial charge in [-0.3, -0.25) is 15.6 Å². The fourth-order valence-electron chi connectivity index (χ4n) is 5.18. The van der Waals surface area contributed by atoms with E-state index in [0.29, 0.717) is 12.1 Å². The second-order valence-electron chi connectivity index (χ2n) is 9.94. The number of hydrogen-bond acceptors (Lipinski definition) is 3. The fourth-order valence-corrected chi connectivity index (χ4v) is 5.18. The van der Waals surface area contributed by atoms with Gasteiger partial charge in [0.1, 0.15) is 11.5 Å². The Morgan fingerprint density at radius 3 is 2.41 bits per heavy atom. The first-order valence-corrected chi connectivity index (χ1v) is 12.6. The minimum Gasteiger partial charge on any atom is -0.318 e. The van der Waals surface area contributed by atoms with Gasteiger partial charge in [0.15, 0.2) is 0 Å². The van der Waals surface area contributed by atoms with Crippen molar-refractivity contribution in [3.8, 4) is 0 Å². The summed E-state index contributed by atoms with van der Waals surface area (Å²) >= 11 is 0. The zero-order valence-electron chi connectivity index (χ0n) is 21.5. The van der Waals surface area contributed by atoms with Crippen molar-refractivity contribution in [2.75, 3.05) is 5.43 Å². The van der Waals surface area contributed by atoms with Crippen LogP contribution in [-0.4, -0.2) is 15.5 Å². The lowest BCUT2D eigenvalue weighted by atomic mass is 9.87. The number of fused-ring (bicyclic) bond motifs is 3. The standard InChI is InChI=1S/C31H31FN4O/c1-19(2)27(31(37)35-34-24-9-6-5-7-10-24)23-15-13-22(14-16-23)18-36-29-25(11-8-12-26(29)32)28-20(3)17-21(4)33-30(28)36/h5-17,19,27,34H,18H2,1-4H3,(H,35,37). The average Bonchev–Trinajstić information content (AvgIpc) is 3.19. The molecule has 37 heavy (non-hydrogen) atoms. The topological polar surface area (TPSA) is 59.0 Å². The van der Waals surface area contributed by atoms with Crippen molar-refractivity contribution in [3.05, 3.63) is 107 Å². The number of amides is 1. The number of carbonyl (C=O) groups excluding carboxylic acids is 1. The first-order chi connectivity index (χ1) is 17.8. The minimum atomic E-state index is -0.317. The first kappa shape index (κ1) is 24.5. The van der Waals surface area contributed by atoms with Gasteiger partial charge in [0.2, 0.25) is 5.91 Å². The maximum atomic E-state index is 15.1. The largest absolute Gasteiger partial charge is 0.318 e. The van der Waals surface area contributed by atoms with Crippen molar-refractivity contribution in [1.29, 1.82) is 0 Å². The molecule has 0 spiro atoms. The van der Waals surface area contributed by atoms with Crippen LogP contribution in [0.2, 0.25) is 0 Å². The van der Waals surface area contributed by atoms with E-state index < -0.39 is 0 Å². The van der Waals surface area contributed by atoms with Crippen molar-refractivity contribution in [2.24, 2.45) is 5.92 Å². The zero-order chi connectivity index (χ0) is 26.1. The summed E-state index contributed by atoms with van der Waals surface area (Å²) in [6.07, 6.45) is 0. The fraction of sp³-hybridized carbons (Fsp3) is 0.226. The quantitative estimate of drug-likeness (QED) is 0.243. The summed E-state index contributed by atoms with van der Waals surface area (Å²) < 4.78 is 17.0. The van der Waals surface area contributed by atoms with Gasteiger partial charge >= 0.3 is 0 Å². The molecule has 6 heteroatoms. The van der Waals surface area contributed by atoms with Crippen LogP contribution in [0.25, 0.3) is 21.9 Å². The van der Waals surface area contributed by atoms with E-state index in [1.165, 1.54) is 6.07 Å². The predicted octanol–water partition coefficient (Wildman–Crippen LogP) is 6.88. The van der Waals surface area contributed by atoms with Crippen molar-refractivity contribution >= 4 is 33.5 Å². The van der Waals surface area contributed by atoms with E-state index in [9.17, 15) is 4.79 Å². The first-order valence-electron chi connectivity index (χ1n) is 12.6. The second-order valence-corrected chi connectivity index (χ2v) is 9.94. The molecule has 2 heterocycles. The van der Waals surface area contributed by atoms with E-state index in [4.69, 9.17) is 4.98 Å². The molecular weight excluding hydrogens is 463 g/mol. The summed E-state index contributed by atoms with van der Waals surface area (Å²) in [5.41, 5.74) is 11.9. The van der Waals surface area contributed by atoms with E-state index in [0.717, 1.165) is 44.5 Å². The van der Waals surface area contributed by atoms with Crippen LogP contribution < -0.4 is 10.9 Å². The molecule has 3 aromatic carbocycles. The van der Waals surface area contributed by atoms with Crippen LogP contribution in [0.5, 0.6) is 0 Å². The monoisotopic (exact) mass is 494 g/mol. The summed E-state index contributed by atoms with van der Waals surface area (Å²) in [5, 5.41) is 1.86. The highest BCUT2D eigenvalue weighted by Gasteiger charge is 2.24. The highest BCUT2D eigenvalue weighted by Crippen LogP contribution is 2.33. The van der Waals surface area contributed by atoms with E-state index in [1.807, 2.05) is 99.0 Å². The Bertz CT molecular complexity index is 1570. The molecule has 1 unspecified atom stereocenters. The Hall–Kier alpha value is -4.19. The molecule has 0 bridgehead atoms. The van der Waals surface area contributed by atoms with Crippen LogP contribution in [0, 0.1) is 25.6 Å². The van der Waals surface area contributed by atoms with Crippen LogP contribution in [0.4, 0.5) is 10.1 Å². The molecule has 0 radical (unpaired) electrons. The molecule has 0 aliphatic rings. The van der Waals surface area contributed by atoms with Crippen LogP contribution in [-0.2, 0) is 11.3 Å². The molecule has 0 saturated carbocycles. The van der Waals surface area contributed by atoms with Crippen molar-refractivity contribution in [3.63, 3.8) is 0 Å². The SMILES string of the molecule is Cc1cc(C)c2c3cccc(F)c3n(Cc3ccc(C(C(=O)NNc4ccccc4)C(C)C)cc3)c2n1. The van der Waals surface area contributed by atoms with E-state index in [-0.39, 0.29) is 23.6 Å². The lowest BCUT2D eigenvalue weighted by Gasteiger charge is -2.21. The van der Waals surface area contributed by atoms with Crippen molar-refractivity contribution in [1.82, 2.24) is 15.0 Å². The molecule has 1 atom stereocenters. The number of rotatable bonds is 7. The Labute approximate surface area is 216 Å². The molecule has 0 saturated heterocycles. The van der Waals surface area contributed by atoms with Crippen LogP contribution in [0.15, 0.2) is 78.9 Å². The van der Waals surface area contributed by atoms with Crippen LogP contribution in [0.1, 0.15) is 42.1 Å². The van der Waals surface area contributed by atoms with E-state index in [2.05, 4.69) is 10.9 Å². The lowest BCUT2D eigenvalue weighted by molar-refractivity contribution is -0.123. The Kier molecular flexibility index (Phi) is 6.66. The summed E-state index contributed by atoms with van der Waals surface area (Å²) in [6.45, 7) is 8.56. The van der Waals surface area contributed by atoms with E-state index >= 15 is 4.39 Å². The van der Waals surface area contributed by atoms with Gasteiger partial charge in [0.25, 0.3) is 0 Å². The molecule has 2 N–H and O–H groups in total. The summed E-state index contributed by atoms with van der Waals surface area (Å²) in [6, 6.07) is 24.8. The molecule has 0 aliphatic heterocycles. The molecule has 5 nitrogen and oxygen atoms in total. The number of aryl methyl sites for hydroxylation is 2. The number of benzene rings is 3. The third-order valence-corrected chi connectivity index (χ3v) is 6.84. The number of nitrogens with one attached hydrogen (secondary N) is 2. The lowest BCUT2D eigenvalue weighted by Crippen LogP contribution is -2.36. The normalized spacial score (nSPS) is 12.3. The van der Waals surface area contributed by atoms with Gasteiger partial charge in [-0.05, 0) is 60.7 Å². The van der Waals surface area contributed by atoms with Gasteiger partial charge in [0, 0.05) is 23.0 Å². The van der Waals surface area contributed by atoms with Gasteiger partial charge in [0.05, 0.1) is 17.1 Å². The number of hydrazine groups is 1. The number of carbonyl (C=O) groups is 1. The second kappa shape index (κ2) is 10.1. The zero-order valence-corrected chi connectivity index (χ0v) is 21.5. The number of pyridine rings is 1. The van der Waals surface area contributed by atoms with E-state index in [1.54, 1.807) is 6.07 Å². The maximum absolute atomic E-state index is 15.1. The highest BCUT2D eigenvalue weighted by atomic mass is 19.1. The molecule has 5 aromatic rings. The highest BCUT2D eigenvalue weighted by molar-refractivity contribution is 6.08. The smallest absolute Gasteiger partial charge is 0.246 e. The van der Waals surface area contributed by atoms with Crippen LogP contribution >= 0.6 is 0 Å². The summed E-state index contributed by atoms with van der Waals surface area (Å²) in [5.74, 6) is -0.564. The number of hydrogen-bond donors (Lipinski definition) is 2. The average molecular weight is 495 g/mol. The number of para-hydroxylation sites is 2. The van der Waals surface area contributed by atoms with Gasteiger partial charge in [-0.25, -0.2) is 9.37 Å². The molecule has 188 valence electrons. The predicted molar refractivity (Wildman–Crippen MR) is 148 cm³/mol. The Balaban J connectivity index is 1.44. The molecule has 0 aliphatic carbocycles. The molecule has 2 aromatic heterocycles. The number of aromatic nitrogens is 2. The molecule has 0 fully saturated rings. The third-order valence-electron chi connectivity index (χ3n) is 6.84. The third kappa shape index (κ3) is 4.79. The van der Waals surface area contributed by atoms with Gasteiger partial charge in [-0.2, -0.15) is 0 Å². The van der Waals surface area contributed by atoms with Gasteiger partial charge in [-0.1, -0.05) is 68.4 Å². The Morgan fingerprint density at radius 1 is 0.973 bits per heavy atom. The molecule has 1 amide bonds. The molecular formula is C31H31FN4O. The summed E-state index contributed by atoms with van der Waals surface area (Å²) in [4.78, 5) is 17.9. The molecule has 5 rings (SSSR count). The Morgan fingerprint density at radius 2 is 1.70 bits per heavy atom. The minimum absolute atomic E-state index is 0.0915. The van der Waals surface area contributed by atoms with Crippen molar-refractivity contribution < 1.29 is 9.18 Å². The van der Waals surface area contributed by atoms with Gasteiger partial charge in [-0.15, -0.1) is 0 Å². The summed E-state index contributed by atoms with van der Waals surface area (Å²) in [7, 11) is 0. The number of nitrogens with zero attached hydrogens (tertiary/aromatic N) is 2. The van der Waals surface area contributed by atoms with Crippen molar-refractivity contribution in [2.45, 2.75) is 40.2 Å². The van der Waals surface area contributed by atoms with Gasteiger partial charge < -0.3 is 4.57 Å². The maximum Gasteiger partial charge on any atom is 0.246 e. The number of halogens is 1.